The van der Waals surface area contributed by atoms with E-state index < -0.39 is 0 Å². The molecular formula is C22H30N4O2. The highest BCUT2D eigenvalue weighted by atomic mass is 16.2. The Hall–Kier alpha value is -2.39. The molecule has 1 aliphatic heterocycles. The molecule has 1 N–H and O–H groups in total. The summed E-state index contributed by atoms with van der Waals surface area (Å²) in [6.07, 6.45) is 6.90. The number of piperazine rings is 1. The van der Waals surface area contributed by atoms with Gasteiger partial charge in [-0.2, -0.15) is 5.26 Å². The van der Waals surface area contributed by atoms with Crippen molar-refractivity contribution in [1.29, 1.82) is 5.26 Å². The van der Waals surface area contributed by atoms with Crippen LogP contribution in [0.2, 0.25) is 0 Å². The lowest BCUT2D eigenvalue weighted by Crippen LogP contribution is -2.54. The van der Waals surface area contributed by atoms with Gasteiger partial charge in [0.15, 0.2) is 0 Å². The highest BCUT2D eigenvalue weighted by Crippen LogP contribution is 2.27. The van der Waals surface area contributed by atoms with E-state index in [-0.39, 0.29) is 17.9 Å². The first kappa shape index (κ1) is 20.3. The molecule has 2 amide bonds. The zero-order valence-corrected chi connectivity index (χ0v) is 16.7. The molecule has 1 aromatic rings. The van der Waals surface area contributed by atoms with Gasteiger partial charge in [0.25, 0.3) is 0 Å². The summed E-state index contributed by atoms with van der Waals surface area (Å²) in [5.74, 6) is 0.752. The monoisotopic (exact) mass is 382 g/mol. The molecule has 1 atom stereocenters. The van der Waals surface area contributed by atoms with E-state index in [4.69, 9.17) is 5.26 Å². The van der Waals surface area contributed by atoms with Gasteiger partial charge in [-0.1, -0.05) is 25.3 Å². The van der Waals surface area contributed by atoms with E-state index in [1.54, 1.807) is 24.3 Å². The molecule has 2 aliphatic rings. The Morgan fingerprint density at radius 1 is 1.18 bits per heavy atom. The van der Waals surface area contributed by atoms with Crippen LogP contribution in [0.1, 0.15) is 51.0 Å². The maximum Gasteiger partial charge on any atom is 0.241 e. The minimum Gasteiger partial charge on any atom is -0.340 e. The van der Waals surface area contributed by atoms with Crippen LogP contribution in [0.4, 0.5) is 5.69 Å². The summed E-state index contributed by atoms with van der Waals surface area (Å²) in [4.78, 5) is 29.2. The van der Waals surface area contributed by atoms with Crippen LogP contribution in [0.5, 0.6) is 0 Å². The van der Waals surface area contributed by atoms with Crippen molar-refractivity contribution in [2.75, 3.05) is 31.5 Å². The van der Waals surface area contributed by atoms with Gasteiger partial charge in [0.05, 0.1) is 17.7 Å². The molecule has 0 bridgehead atoms. The SMILES string of the molecule is CC(C(=O)Nc1cccc(C#N)c1)N1CCN(C(=O)CC2CCCCC2)CC1. The lowest BCUT2D eigenvalue weighted by atomic mass is 9.86. The number of rotatable bonds is 5. The van der Waals surface area contributed by atoms with E-state index in [0.717, 1.165) is 0 Å². The Morgan fingerprint density at radius 3 is 2.57 bits per heavy atom. The van der Waals surface area contributed by atoms with Crippen LogP contribution in [-0.2, 0) is 9.59 Å². The van der Waals surface area contributed by atoms with Gasteiger partial charge in [-0.05, 0) is 43.9 Å². The zero-order chi connectivity index (χ0) is 19.9. The maximum absolute atomic E-state index is 12.6. The Kier molecular flexibility index (Phi) is 7.05. The number of carbonyl (C=O) groups excluding carboxylic acids is 2. The smallest absolute Gasteiger partial charge is 0.241 e. The molecule has 2 fully saturated rings. The highest BCUT2D eigenvalue weighted by Gasteiger charge is 2.28. The van der Waals surface area contributed by atoms with E-state index in [9.17, 15) is 9.59 Å². The first-order valence-corrected chi connectivity index (χ1v) is 10.4. The molecule has 0 spiro atoms. The number of hydrogen-bond donors (Lipinski definition) is 1. The van der Waals surface area contributed by atoms with Crippen molar-refractivity contribution in [3.63, 3.8) is 0 Å². The molecule has 1 saturated heterocycles. The fourth-order valence-corrected chi connectivity index (χ4v) is 4.20. The van der Waals surface area contributed by atoms with E-state index in [1.165, 1.54) is 32.1 Å². The van der Waals surface area contributed by atoms with Crippen molar-refractivity contribution in [3.05, 3.63) is 29.8 Å². The standard InChI is InChI=1S/C22H30N4O2/c1-17(22(28)24-20-9-5-8-19(14-20)16-23)25-10-12-26(13-11-25)21(27)15-18-6-3-2-4-7-18/h5,8-9,14,17-18H,2-4,6-7,10-13,15H2,1H3,(H,24,28). The van der Waals surface area contributed by atoms with Crippen LogP contribution in [0, 0.1) is 17.2 Å². The van der Waals surface area contributed by atoms with Gasteiger partial charge in [-0.25, -0.2) is 0 Å². The van der Waals surface area contributed by atoms with Crippen LogP contribution in [0.15, 0.2) is 24.3 Å². The molecule has 150 valence electrons. The van der Waals surface area contributed by atoms with Crippen LogP contribution < -0.4 is 5.32 Å². The number of anilines is 1. The van der Waals surface area contributed by atoms with Gasteiger partial charge < -0.3 is 10.2 Å². The topological polar surface area (TPSA) is 76.4 Å². The Balaban J connectivity index is 1.46. The number of nitriles is 1. The molecule has 28 heavy (non-hydrogen) atoms. The summed E-state index contributed by atoms with van der Waals surface area (Å²) in [7, 11) is 0. The van der Waals surface area contributed by atoms with Crippen LogP contribution in [0.25, 0.3) is 0 Å². The summed E-state index contributed by atoms with van der Waals surface area (Å²) in [5.41, 5.74) is 1.16. The van der Waals surface area contributed by atoms with Crippen LogP contribution in [-0.4, -0.2) is 53.8 Å². The Bertz CT molecular complexity index is 728. The maximum atomic E-state index is 12.6. The predicted octanol–water partition coefficient (Wildman–Crippen LogP) is 3.00. The predicted molar refractivity (Wildman–Crippen MR) is 109 cm³/mol. The van der Waals surface area contributed by atoms with Crippen molar-refractivity contribution >= 4 is 17.5 Å². The molecule has 1 aromatic carbocycles. The summed E-state index contributed by atoms with van der Waals surface area (Å²) in [6, 6.07) is 8.73. The summed E-state index contributed by atoms with van der Waals surface area (Å²) >= 11 is 0. The zero-order valence-electron chi connectivity index (χ0n) is 16.7. The van der Waals surface area contributed by atoms with Gasteiger partial charge >= 0.3 is 0 Å². The van der Waals surface area contributed by atoms with Crippen molar-refractivity contribution in [2.45, 2.75) is 51.5 Å². The lowest BCUT2D eigenvalue weighted by Gasteiger charge is -2.38. The van der Waals surface area contributed by atoms with Crippen LogP contribution in [0.3, 0.4) is 0 Å². The third-order valence-corrected chi connectivity index (χ3v) is 6.04. The second-order valence-corrected chi connectivity index (χ2v) is 7.98. The van der Waals surface area contributed by atoms with Gasteiger partial charge in [-0.3, -0.25) is 14.5 Å². The molecule has 1 unspecified atom stereocenters. The molecule has 6 heteroatoms. The van der Waals surface area contributed by atoms with E-state index in [0.29, 0.717) is 49.8 Å². The fraction of sp³-hybridized carbons (Fsp3) is 0.591. The number of amides is 2. The second-order valence-electron chi connectivity index (χ2n) is 7.98. The minimum absolute atomic E-state index is 0.0860. The Labute approximate surface area is 167 Å². The van der Waals surface area contributed by atoms with Gasteiger partial charge in [0.2, 0.25) is 11.8 Å². The molecule has 0 aromatic heterocycles. The first-order chi connectivity index (χ1) is 13.6. The minimum atomic E-state index is -0.277. The number of nitrogens with one attached hydrogen (secondary N) is 1. The quantitative estimate of drug-likeness (QED) is 0.849. The summed E-state index contributed by atoms with van der Waals surface area (Å²) in [6.45, 7) is 4.69. The van der Waals surface area contributed by atoms with Crippen molar-refractivity contribution in [3.8, 4) is 6.07 Å². The molecule has 1 saturated carbocycles. The molecule has 1 heterocycles. The first-order valence-electron chi connectivity index (χ1n) is 10.4. The summed E-state index contributed by atoms with van der Waals surface area (Å²) < 4.78 is 0. The Morgan fingerprint density at radius 2 is 1.89 bits per heavy atom. The average molecular weight is 383 g/mol. The normalized spacial score (nSPS) is 19.6. The van der Waals surface area contributed by atoms with Crippen molar-refractivity contribution in [2.24, 2.45) is 5.92 Å². The third-order valence-electron chi connectivity index (χ3n) is 6.04. The third kappa shape index (κ3) is 5.32. The fourth-order valence-electron chi connectivity index (χ4n) is 4.20. The number of benzene rings is 1. The number of hydrogen-bond acceptors (Lipinski definition) is 4. The molecule has 6 nitrogen and oxygen atoms in total. The molecule has 1 aliphatic carbocycles. The van der Waals surface area contributed by atoms with Gasteiger partial charge in [-0.15, -0.1) is 0 Å². The van der Waals surface area contributed by atoms with Crippen LogP contribution >= 0.6 is 0 Å². The number of carbonyl (C=O) groups is 2. The largest absolute Gasteiger partial charge is 0.340 e. The second kappa shape index (κ2) is 9.70. The van der Waals surface area contributed by atoms with E-state index in [2.05, 4.69) is 16.3 Å². The molecular weight excluding hydrogens is 352 g/mol. The molecule has 3 rings (SSSR count). The van der Waals surface area contributed by atoms with E-state index >= 15 is 0 Å². The molecule has 0 radical (unpaired) electrons. The summed E-state index contributed by atoms with van der Waals surface area (Å²) in [5, 5.41) is 11.9. The average Bonchev–Trinajstić information content (AvgIpc) is 2.74. The van der Waals surface area contributed by atoms with E-state index in [1.807, 2.05) is 11.8 Å². The van der Waals surface area contributed by atoms with Crippen molar-refractivity contribution < 1.29 is 9.59 Å². The number of nitrogens with zero attached hydrogens (tertiary/aromatic N) is 3. The lowest BCUT2D eigenvalue weighted by molar-refractivity contribution is -0.135. The highest BCUT2D eigenvalue weighted by molar-refractivity contribution is 5.94. The van der Waals surface area contributed by atoms with Gasteiger partial charge in [0, 0.05) is 38.3 Å². The van der Waals surface area contributed by atoms with Gasteiger partial charge in [0.1, 0.15) is 0 Å². The van der Waals surface area contributed by atoms with Crippen molar-refractivity contribution in [1.82, 2.24) is 9.80 Å².